The summed E-state index contributed by atoms with van der Waals surface area (Å²) < 4.78 is 10.5. The average molecular weight is 421 g/mol. The average Bonchev–Trinajstić information content (AvgIpc) is 3.44. The van der Waals surface area contributed by atoms with Gasteiger partial charge >= 0.3 is 11.9 Å². The SMILES string of the molecule is CC(=O)OCC1CC2CC1C(C)C2C.CCCC(=O)OCC1CC2CC1C(C)C2C. The molecule has 30 heavy (non-hydrogen) atoms. The lowest BCUT2D eigenvalue weighted by atomic mass is 9.76. The van der Waals surface area contributed by atoms with Crippen molar-refractivity contribution in [1.29, 1.82) is 0 Å². The Balaban J connectivity index is 0.000000172. The van der Waals surface area contributed by atoms with Crippen molar-refractivity contribution in [2.75, 3.05) is 13.2 Å². The van der Waals surface area contributed by atoms with E-state index in [0.717, 1.165) is 53.8 Å². The van der Waals surface area contributed by atoms with E-state index in [4.69, 9.17) is 9.47 Å². The first kappa shape index (κ1) is 23.6. The zero-order valence-corrected chi connectivity index (χ0v) is 20.1. The summed E-state index contributed by atoms with van der Waals surface area (Å²) in [5.41, 5.74) is 0. The van der Waals surface area contributed by atoms with E-state index >= 15 is 0 Å². The lowest BCUT2D eigenvalue weighted by Gasteiger charge is -2.31. The molecule has 0 N–H and O–H groups in total. The highest BCUT2D eigenvalue weighted by molar-refractivity contribution is 5.69. The lowest BCUT2D eigenvalue weighted by molar-refractivity contribution is -0.146. The smallest absolute Gasteiger partial charge is 0.305 e. The first-order chi connectivity index (χ1) is 14.2. The van der Waals surface area contributed by atoms with Crippen molar-refractivity contribution in [3.8, 4) is 0 Å². The van der Waals surface area contributed by atoms with Gasteiger partial charge in [-0.15, -0.1) is 0 Å². The Morgan fingerprint density at radius 3 is 1.57 bits per heavy atom. The molecule has 4 heteroatoms. The zero-order valence-electron chi connectivity index (χ0n) is 20.1. The highest BCUT2D eigenvalue weighted by Crippen LogP contribution is 2.55. The molecular formula is C26H44O4. The number of hydrogen-bond acceptors (Lipinski definition) is 4. The normalized spacial score (nSPS) is 43.3. The number of ether oxygens (including phenoxy) is 2. The number of hydrogen-bond donors (Lipinski definition) is 0. The summed E-state index contributed by atoms with van der Waals surface area (Å²) in [6.45, 7) is 14.3. The highest BCUT2D eigenvalue weighted by atomic mass is 16.5. The molecule has 4 rings (SSSR count). The van der Waals surface area contributed by atoms with E-state index in [1.165, 1.54) is 32.6 Å². The maximum atomic E-state index is 11.3. The van der Waals surface area contributed by atoms with Crippen molar-refractivity contribution in [2.24, 2.45) is 59.2 Å². The van der Waals surface area contributed by atoms with E-state index in [1.54, 1.807) is 0 Å². The Morgan fingerprint density at radius 2 is 1.20 bits per heavy atom. The van der Waals surface area contributed by atoms with Crippen molar-refractivity contribution in [2.45, 2.75) is 80.1 Å². The molecule has 0 aromatic rings. The number of rotatable bonds is 6. The van der Waals surface area contributed by atoms with Crippen LogP contribution in [0.25, 0.3) is 0 Å². The van der Waals surface area contributed by atoms with Crippen molar-refractivity contribution in [3.63, 3.8) is 0 Å². The van der Waals surface area contributed by atoms with Crippen LogP contribution < -0.4 is 0 Å². The van der Waals surface area contributed by atoms with Gasteiger partial charge in [-0.1, -0.05) is 34.6 Å². The third-order valence-electron chi connectivity index (χ3n) is 9.48. The topological polar surface area (TPSA) is 52.6 Å². The van der Waals surface area contributed by atoms with Crippen LogP contribution >= 0.6 is 0 Å². The highest BCUT2D eigenvalue weighted by Gasteiger charge is 2.49. The quantitative estimate of drug-likeness (QED) is 0.515. The number of carbonyl (C=O) groups is 2. The standard InChI is InChI=1S/C14H24O2.C12H20O2/c1-4-5-14(15)16-8-12-6-11-7-13(12)10(3)9(11)2;1-7-8(2)12-5-10(7)4-11(12)6-14-9(3)13/h9-13H,4-8H2,1-3H3;7-8,10-12H,4-6H2,1-3H3. The van der Waals surface area contributed by atoms with E-state index in [0.29, 0.717) is 31.5 Å². The largest absolute Gasteiger partial charge is 0.466 e. The molecule has 10 atom stereocenters. The monoisotopic (exact) mass is 420 g/mol. The van der Waals surface area contributed by atoms with Crippen molar-refractivity contribution < 1.29 is 19.1 Å². The summed E-state index contributed by atoms with van der Waals surface area (Å²) in [6.07, 6.45) is 6.78. The van der Waals surface area contributed by atoms with Crippen LogP contribution in [0.4, 0.5) is 0 Å². The van der Waals surface area contributed by atoms with Crippen LogP contribution in [0, 0.1) is 59.2 Å². The van der Waals surface area contributed by atoms with Gasteiger partial charge < -0.3 is 9.47 Å². The van der Waals surface area contributed by atoms with Gasteiger partial charge in [0.15, 0.2) is 0 Å². The predicted molar refractivity (Wildman–Crippen MR) is 119 cm³/mol. The van der Waals surface area contributed by atoms with Gasteiger partial charge in [0.2, 0.25) is 0 Å². The van der Waals surface area contributed by atoms with Gasteiger partial charge in [0.1, 0.15) is 0 Å². The van der Waals surface area contributed by atoms with Gasteiger partial charge in [-0.25, -0.2) is 0 Å². The molecule has 0 heterocycles. The fourth-order valence-corrected chi connectivity index (χ4v) is 7.27. The predicted octanol–water partition coefficient (Wildman–Crippen LogP) is 5.74. The van der Waals surface area contributed by atoms with Crippen LogP contribution in [0.15, 0.2) is 0 Å². The minimum atomic E-state index is -0.131. The molecule has 0 aromatic carbocycles. The van der Waals surface area contributed by atoms with Crippen LogP contribution in [0.1, 0.15) is 80.1 Å². The Hall–Kier alpha value is -1.06. The fourth-order valence-electron chi connectivity index (χ4n) is 7.27. The molecular weight excluding hydrogens is 376 g/mol. The number of carbonyl (C=O) groups excluding carboxylic acids is 2. The van der Waals surface area contributed by atoms with Gasteiger partial charge in [0, 0.05) is 13.3 Å². The van der Waals surface area contributed by atoms with Gasteiger partial charge in [-0.3, -0.25) is 9.59 Å². The van der Waals surface area contributed by atoms with Crippen LogP contribution in [-0.4, -0.2) is 25.2 Å². The molecule has 0 saturated heterocycles. The van der Waals surface area contributed by atoms with Gasteiger partial charge in [-0.05, 0) is 91.3 Å². The van der Waals surface area contributed by atoms with Crippen LogP contribution in [0.5, 0.6) is 0 Å². The molecule has 0 aliphatic heterocycles. The van der Waals surface area contributed by atoms with E-state index in [1.807, 2.05) is 6.92 Å². The van der Waals surface area contributed by atoms with E-state index in [2.05, 4.69) is 27.7 Å². The number of esters is 2. The second-order valence-corrected chi connectivity index (χ2v) is 11.0. The summed E-state index contributed by atoms with van der Waals surface area (Å²) in [7, 11) is 0. The number of fused-ring (bicyclic) bond motifs is 4. The van der Waals surface area contributed by atoms with Gasteiger partial charge in [-0.2, -0.15) is 0 Å². The summed E-state index contributed by atoms with van der Waals surface area (Å²) in [5.74, 6) is 8.00. The Bertz CT molecular complexity index is 598. The Kier molecular flexibility index (Phi) is 7.90. The maximum absolute atomic E-state index is 11.3. The molecule has 0 radical (unpaired) electrons. The second-order valence-electron chi connectivity index (χ2n) is 11.0. The van der Waals surface area contributed by atoms with E-state index in [-0.39, 0.29) is 11.9 Å². The molecule has 4 bridgehead atoms. The lowest BCUT2D eigenvalue weighted by Crippen LogP contribution is -2.28. The van der Waals surface area contributed by atoms with E-state index in [9.17, 15) is 9.59 Å². The molecule has 0 spiro atoms. The second kappa shape index (κ2) is 10.0. The molecule has 0 amide bonds. The van der Waals surface area contributed by atoms with Crippen LogP contribution in [0.3, 0.4) is 0 Å². The molecule has 172 valence electrons. The Labute approximate surface area is 183 Å². The molecule has 4 aliphatic carbocycles. The minimum Gasteiger partial charge on any atom is -0.466 e. The molecule has 0 aromatic heterocycles. The zero-order chi connectivity index (χ0) is 22.0. The summed E-state index contributed by atoms with van der Waals surface area (Å²) in [5, 5.41) is 0. The van der Waals surface area contributed by atoms with Crippen molar-refractivity contribution in [1.82, 2.24) is 0 Å². The molecule has 10 unspecified atom stereocenters. The molecule has 4 nitrogen and oxygen atoms in total. The van der Waals surface area contributed by atoms with Crippen LogP contribution in [-0.2, 0) is 19.1 Å². The molecule has 4 aliphatic rings. The van der Waals surface area contributed by atoms with Gasteiger partial charge in [0.05, 0.1) is 13.2 Å². The minimum absolute atomic E-state index is 0.00836. The maximum Gasteiger partial charge on any atom is 0.305 e. The van der Waals surface area contributed by atoms with Crippen molar-refractivity contribution in [3.05, 3.63) is 0 Å². The first-order valence-corrected chi connectivity index (χ1v) is 12.5. The van der Waals surface area contributed by atoms with Crippen LogP contribution in [0.2, 0.25) is 0 Å². The first-order valence-electron chi connectivity index (χ1n) is 12.5. The fraction of sp³-hybridized carbons (Fsp3) is 0.923. The van der Waals surface area contributed by atoms with Gasteiger partial charge in [0.25, 0.3) is 0 Å². The Morgan fingerprint density at radius 1 is 0.733 bits per heavy atom. The summed E-state index contributed by atoms with van der Waals surface area (Å²) in [6, 6.07) is 0. The third-order valence-corrected chi connectivity index (χ3v) is 9.48. The third kappa shape index (κ3) is 5.05. The molecule has 4 fully saturated rings. The summed E-state index contributed by atoms with van der Waals surface area (Å²) >= 11 is 0. The van der Waals surface area contributed by atoms with Crippen molar-refractivity contribution >= 4 is 11.9 Å². The summed E-state index contributed by atoms with van der Waals surface area (Å²) in [4.78, 5) is 22.1. The van der Waals surface area contributed by atoms with E-state index < -0.39 is 0 Å². The molecule has 4 saturated carbocycles.